The summed E-state index contributed by atoms with van der Waals surface area (Å²) in [6.45, 7) is 7.58. The van der Waals surface area contributed by atoms with Crippen LogP contribution in [0.4, 0.5) is 0 Å². The van der Waals surface area contributed by atoms with Crippen LogP contribution in [0, 0.1) is 17.3 Å². The zero-order valence-corrected chi connectivity index (χ0v) is 15.7. The second-order valence-corrected chi connectivity index (χ2v) is 7.31. The molecule has 0 saturated carbocycles. The molecule has 1 aliphatic heterocycles. The quantitative estimate of drug-likeness (QED) is 0.438. The smallest absolute Gasteiger partial charge is 0.336 e. The summed E-state index contributed by atoms with van der Waals surface area (Å²) in [7, 11) is 1.91. The van der Waals surface area contributed by atoms with E-state index in [1.165, 1.54) is 6.92 Å². The molecule has 0 radical (unpaired) electrons. The number of carbonyl (C=O) groups excluding carboxylic acids is 1. The zero-order chi connectivity index (χ0) is 20.4. The lowest BCUT2D eigenvalue weighted by Gasteiger charge is -2.48. The van der Waals surface area contributed by atoms with E-state index in [4.69, 9.17) is 4.74 Å². The number of rotatable bonds is 7. The Balaban J connectivity index is 3.28. The van der Waals surface area contributed by atoms with Crippen molar-refractivity contribution in [3.63, 3.8) is 0 Å². The summed E-state index contributed by atoms with van der Waals surface area (Å²) < 4.78 is 5.32. The first kappa shape index (κ1) is 21.9. The van der Waals surface area contributed by atoms with Gasteiger partial charge in [0.1, 0.15) is 6.10 Å². The van der Waals surface area contributed by atoms with Crippen LogP contribution in [0.3, 0.4) is 0 Å². The first-order valence-electron chi connectivity index (χ1n) is 8.46. The molecule has 0 aliphatic carbocycles. The van der Waals surface area contributed by atoms with Gasteiger partial charge in [-0.15, -0.1) is 0 Å². The summed E-state index contributed by atoms with van der Waals surface area (Å²) in [6.07, 6.45) is -0.665. The van der Waals surface area contributed by atoms with Gasteiger partial charge in [-0.3, -0.25) is 19.2 Å². The number of nitrogens with zero attached hydrogens (tertiary/aromatic N) is 1. The number of carbonyl (C=O) groups is 4. The van der Waals surface area contributed by atoms with Crippen LogP contribution in [0.15, 0.2) is 0 Å². The number of aliphatic carboxylic acids is 3. The summed E-state index contributed by atoms with van der Waals surface area (Å²) in [5.41, 5.74) is -3.55. The second kappa shape index (κ2) is 7.61. The van der Waals surface area contributed by atoms with Crippen LogP contribution in [0.1, 0.15) is 40.5 Å². The standard InChI is InChI=1S/C17H27NO8/c1-6-10(12(19)20)17(13(21)22,14(23)24)15(25)26-11-7-8-18(5)16(3,4)9(11)2/h9-11H,6-8H2,1-5H3,(H,19,20)(H,21,22)(H,23,24). The molecular formula is C17H27NO8. The molecule has 9 heteroatoms. The number of ether oxygens (including phenoxy) is 1. The van der Waals surface area contributed by atoms with E-state index >= 15 is 0 Å². The van der Waals surface area contributed by atoms with Crippen molar-refractivity contribution in [1.29, 1.82) is 0 Å². The summed E-state index contributed by atoms with van der Waals surface area (Å²) in [6, 6.07) is 0. The summed E-state index contributed by atoms with van der Waals surface area (Å²) in [5.74, 6) is -9.45. The normalized spacial score (nSPS) is 24.5. The minimum Gasteiger partial charge on any atom is -0.481 e. The lowest BCUT2D eigenvalue weighted by atomic mass is 9.73. The van der Waals surface area contributed by atoms with Crippen molar-refractivity contribution in [1.82, 2.24) is 4.90 Å². The molecular weight excluding hydrogens is 346 g/mol. The zero-order valence-electron chi connectivity index (χ0n) is 15.7. The number of hydrogen-bond donors (Lipinski definition) is 3. The van der Waals surface area contributed by atoms with Crippen LogP contribution in [0.5, 0.6) is 0 Å². The van der Waals surface area contributed by atoms with E-state index in [1.807, 2.05) is 27.8 Å². The summed E-state index contributed by atoms with van der Waals surface area (Å²) in [5, 5.41) is 28.3. The van der Waals surface area contributed by atoms with Gasteiger partial charge in [-0.1, -0.05) is 13.8 Å². The van der Waals surface area contributed by atoms with Gasteiger partial charge in [-0.2, -0.15) is 0 Å². The summed E-state index contributed by atoms with van der Waals surface area (Å²) >= 11 is 0. The van der Waals surface area contributed by atoms with Crippen molar-refractivity contribution in [2.75, 3.05) is 13.6 Å². The Labute approximate surface area is 151 Å². The SMILES string of the molecule is CCC(C(=O)O)C(C(=O)O)(C(=O)O)C(=O)OC1CCN(C)C(C)(C)C1C. The maximum absolute atomic E-state index is 12.7. The molecule has 1 rings (SSSR count). The highest BCUT2D eigenvalue weighted by molar-refractivity contribution is 6.19. The van der Waals surface area contributed by atoms with Crippen molar-refractivity contribution >= 4 is 23.9 Å². The Kier molecular flexibility index (Phi) is 6.40. The number of piperidine rings is 1. The Hall–Kier alpha value is -2.16. The minimum absolute atomic E-state index is 0.213. The number of carboxylic acid groups (broad SMARTS) is 3. The van der Waals surface area contributed by atoms with E-state index in [1.54, 1.807) is 0 Å². The molecule has 3 N–H and O–H groups in total. The van der Waals surface area contributed by atoms with Gasteiger partial charge in [0.05, 0.1) is 5.92 Å². The molecule has 0 spiro atoms. The van der Waals surface area contributed by atoms with Gasteiger partial charge in [-0.25, -0.2) is 0 Å². The highest BCUT2D eigenvalue weighted by Gasteiger charge is 2.64. The number of carboxylic acids is 3. The van der Waals surface area contributed by atoms with Crippen molar-refractivity contribution in [2.24, 2.45) is 17.3 Å². The molecule has 0 amide bonds. The molecule has 3 atom stereocenters. The highest BCUT2D eigenvalue weighted by Crippen LogP contribution is 2.38. The first-order valence-corrected chi connectivity index (χ1v) is 8.46. The second-order valence-electron chi connectivity index (χ2n) is 7.31. The molecule has 1 saturated heterocycles. The van der Waals surface area contributed by atoms with E-state index in [-0.39, 0.29) is 17.9 Å². The third-order valence-corrected chi connectivity index (χ3v) is 5.89. The van der Waals surface area contributed by atoms with E-state index in [9.17, 15) is 34.5 Å². The van der Waals surface area contributed by atoms with Gasteiger partial charge in [-0.05, 0) is 33.7 Å². The molecule has 1 heterocycles. The Morgan fingerprint density at radius 1 is 1.19 bits per heavy atom. The molecule has 0 aromatic rings. The maximum Gasteiger partial charge on any atom is 0.336 e. The van der Waals surface area contributed by atoms with Crippen LogP contribution in [0.2, 0.25) is 0 Å². The molecule has 0 aromatic heterocycles. The van der Waals surface area contributed by atoms with Crippen LogP contribution < -0.4 is 0 Å². The number of likely N-dealkylation sites (tertiary alicyclic amines) is 1. The van der Waals surface area contributed by atoms with Crippen molar-refractivity contribution in [3.8, 4) is 0 Å². The molecule has 9 nitrogen and oxygen atoms in total. The Bertz CT molecular complexity index is 586. The van der Waals surface area contributed by atoms with Crippen molar-refractivity contribution in [2.45, 2.75) is 52.2 Å². The van der Waals surface area contributed by atoms with Gasteiger partial charge in [0.15, 0.2) is 0 Å². The van der Waals surface area contributed by atoms with Gasteiger partial charge in [0, 0.05) is 18.0 Å². The monoisotopic (exact) mass is 373 g/mol. The van der Waals surface area contributed by atoms with Gasteiger partial charge in [0.2, 0.25) is 0 Å². The third kappa shape index (κ3) is 3.40. The Morgan fingerprint density at radius 2 is 1.69 bits per heavy atom. The fourth-order valence-electron chi connectivity index (χ4n) is 3.43. The van der Waals surface area contributed by atoms with E-state index < -0.39 is 41.3 Å². The average molecular weight is 373 g/mol. The van der Waals surface area contributed by atoms with E-state index in [0.29, 0.717) is 13.0 Å². The van der Waals surface area contributed by atoms with Crippen LogP contribution in [-0.2, 0) is 23.9 Å². The van der Waals surface area contributed by atoms with E-state index in [0.717, 1.165) is 0 Å². The summed E-state index contributed by atoms with van der Waals surface area (Å²) in [4.78, 5) is 49.7. The molecule has 0 bridgehead atoms. The third-order valence-electron chi connectivity index (χ3n) is 5.89. The fourth-order valence-corrected chi connectivity index (χ4v) is 3.43. The molecule has 148 valence electrons. The molecule has 26 heavy (non-hydrogen) atoms. The van der Waals surface area contributed by atoms with Gasteiger partial charge < -0.3 is 25.0 Å². The lowest BCUT2D eigenvalue weighted by Crippen LogP contribution is -2.59. The van der Waals surface area contributed by atoms with Crippen LogP contribution in [-0.4, -0.2) is 69.3 Å². The van der Waals surface area contributed by atoms with Crippen LogP contribution in [0.25, 0.3) is 0 Å². The van der Waals surface area contributed by atoms with Crippen molar-refractivity contribution < 1.29 is 39.2 Å². The first-order chi connectivity index (χ1) is 11.8. The molecule has 3 unspecified atom stereocenters. The van der Waals surface area contributed by atoms with Gasteiger partial charge >= 0.3 is 23.9 Å². The molecule has 1 fully saturated rings. The van der Waals surface area contributed by atoms with Gasteiger partial charge in [0.25, 0.3) is 5.41 Å². The van der Waals surface area contributed by atoms with Crippen LogP contribution >= 0.6 is 0 Å². The van der Waals surface area contributed by atoms with Crippen molar-refractivity contribution in [3.05, 3.63) is 0 Å². The lowest BCUT2D eigenvalue weighted by molar-refractivity contribution is -0.195. The predicted molar refractivity (Wildman–Crippen MR) is 89.5 cm³/mol. The van der Waals surface area contributed by atoms with E-state index in [2.05, 4.69) is 4.90 Å². The predicted octanol–water partition coefficient (Wildman–Crippen LogP) is 0.915. The number of esters is 1. The number of hydrogen-bond acceptors (Lipinski definition) is 6. The maximum atomic E-state index is 12.7. The topological polar surface area (TPSA) is 141 Å². The average Bonchev–Trinajstić information content (AvgIpc) is 2.52. The fraction of sp³-hybridized carbons (Fsp3) is 0.765. The highest BCUT2D eigenvalue weighted by atomic mass is 16.6. The minimum atomic E-state index is -3.19. The largest absolute Gasteiger partial charge is 0.481 e. The molecule has 0 aromatic carbocycles. The Morgan fingerprint density at radius 3 is 2.08 bits per heavy atom. The molecule has 1 aliphatic rings.